The summed E-state index contributed by atoms with van der Waals surface area (Å²) in [6.45, 7) is 2.89. The Balaban J connectivity index is 2.08. The molecule has 9 heteroatoms. The molecule has 0 unspecified atom stereocenters. The summed E-state index contributed by atoms with van der Waals surface area (Å²) in [6, 6.07) is 7.61. The van der Waals surface area contributed by atoms with E-state index in [9.17, 15) is 14.4 Å². The lowest BCUT2D eigenvalue weighted by Crippen LogP contribution is -2.51. The summed E-state index contributed by atoms with van der Waals surface area (Å²) in [5.41, 5.74) is 4.57. The van der Waals surface area contributed by atoms with E-state index in [1.807, 2.05) is 0 Å². The molecule has 1 aromatic carbocycles. The topological polar surface area (TPSA) is 65.5 Å². The van der Waals surface area contributed by atoms with E-state index < -0.39 is 14.6 Å². The van der Waals surface area contributed by atoms with Gasteiger partial charge in [0.1, 0.15) is 5.71 Å². The zero-order valence-electron chi connectivity index (χ0n) is 15.9. The van der Waals surface area contributed by atoms with E-state index in [4.69, 9.17) is 0 Å². The first-order chi connectivity index (χ1) is 12.9. The SMILES string of the molecule is CC1=CC(C)=[N+]2C1=C(c1ccc(P(=O)(O)O)cc1)c1c(C)cc(C)n1[B-]2(F)F. The summed E-state index contributed by atoms with van der Waals surface area (Å²) >= 11 is 0. The molecule has 2 aliphatic heterocycles. The number of nitrogens with zero attached hydrogens (tertiary/aromatic N) is 2. The van der Waals surface area contributed by atoms with E-state index >= 15 is 8.63 Å². The molecule has 0 saturated carbocycles. The lowest BCUT2D eigenvalue weighted by Gasteiger charge is -2.34. The van der Waals surface area contributed by atoms with Crippen molar-refractivity contribution in [3.05, 3.63) is 70.2 Å². The van der Waals surface area contributed by atoms with Gasteiger partial charge in [0.2, 0.25) is 0 Å². The van der Waals surface area contributed by atoms with Crippen molar-refractivity contribution in [3.63, 3.8) is 0 Å². The maximum atomic E-state index is 15.5. The Morgan fingerprint density at radius 1 is 1.07 bits per heavy atom. The van der Waals surface area contributed by atoms with Crippen LogP contribution in [0.5, 0.6) is 0 Å². The Labute approximate surface area is 161 Å². The standard InChI is InChI=1S/C19H20BF2N2O3P/c1-11-9-13(3)23-18(11)17(15-5-7-16(8-6-15)28(25,26)27)19-12(2)10-14(4)24(19)20(23,21)22/h5-10H,1-4H3,(H2,25,26,27). The molecular formula is C19H20BF2N2O3P. The summed E-state index contributed by atoms with van der Waals surface area (Å²) < 4.78 is 44.7. The zero-order chi connectivity index (χ0) is 20.6. The monoisotopic (exact) mass is 404 g/mol. The maximum Gasteiger partial charge on any atom is 0.737 e. The molecule has 0 spiro atoms. The van der Waals surface area contributed by atoms with Gasteiger partial charge in [0.25, 0.3) is 0 Å². The molecule has 3 heterocycles. The zero-order valence-corrected chi connectivity index (χ0v) is 16.8. The lowest BCUT2D eigenvalue weighted by molar-refractivity contribution is -0.363. The Bertz CT molecular complexity index is 1170. The highest BCUT2D eigenvalue weighted by Gasteiger charge is 2.55. The quantitative estimate of drug-likeness (QED) is 0.596. The molecule has 28 heavy (non-hydrogen) atoms. The third kappa shape index (κ3) is 2.52. The fourth-order valence-corrected chi connectivity index (χ4v) is 4.93. The van der Waals surface area contributed by atoms with E-state index in [1.165, 1.54) is 12.1 Å². The molecule has 0 bridgehead atoms. The predicted molar refractivity (Wildman–Crippen MR) is 106 cm³/mol. The molecule has 0 saturated heterocycles. The molecule has 2 aromatic rings. The van der Waals surface area contributed by atoms with Gasteiger partial charge >= 0.3 is 14.6 Å². The van der Waals surface area contributed by atoms with Crippen molar-refractivity contribution in [2.45, 2.75) is 27.7 Å². The highest BCUT2D eigenvalue weighted by Crippen LogP contribution is 2.44. The van der Waals surface area contributed by atoms with Crippen LogP contribution in [0.1, 0.15) is 36.4 Å². The molecule has 0 fully saturated rings. The number of halogens is 2. The van der Waals surface area contributed by atoms with Crippen LogP contribution < -0.4 is 5.30 Å². The fourth-order valence-electron chi connectivity index (χ4n) is 4.39. The van der Waals surface area contributed by atoms with Gasteiger partial charge < -0.3 is 27.4 Å². The molecule has 1 aromatic heterocycles. The van der Waals surface area contributed by atoms with Crippen molar-refractivity contribution in [1.82, 2.24) is 4.48 Å². The summed E-state index contributed by atoms with van der Waals surface area (Å²) in [7, 11) is -4.38. The second-order valence-electron chi connectivity index (χ2n) is 7.43. The summed E-state index contributed by atoms with van der Waals surface area (Å²) in [6.07, 6.45) is 1.74. The van der Waals surface area contributed by atoms with Crippen LogP contribution in [0.25, 0.3) is 5.57 Å². The molecule has 146 valence electrons. The van der Waals surface area contributed by atoms with Gasteiger partial charge in [-0.2, -0.15) is 0 Å². The molecule has 2 aliphatic rings. The summed E-state index contributed by atoms with van der Waals surface area (Å²) in [4.78, 5) is 18.7. The highest BCUT2D eigenvalue weighted by atomic mass is 31.2. The van der Waals surface area contributed by atoms with Crippen molar-refractivity contribution in [2.24, 2.45) is 0 Å². The van der Waals surface area contributed by atoms with Crippen molar-refractivity contribution < 1.29 is 27.5 Å². The van der Waals surface area contributed by atoms with E-state index in [0.717, 1.165) is 20.1 Å². The fraction of sp³-hybridized carbons (Fsp3) is 0.211. The minimum Gasteiger partial charge on any atom is -0.393 e. The maximum absolute atomic E-state index is 15.5. The van der Waals surface area contributed by atoms with Gasteiger partial charge in [-0.25, -0.2) is 0 Å². The van der Waals surface area contributed by atoms with Gasteiger partial charge in [-0.05, 0) is 55.8 Å². The summed E-state index contributed by atoms with van der Waals surface area (Å²) in [5, 5.41) is -0.103. The molecule has 4 rings (SSSR count). The van der Waals surface area contributed by atoms with E-state index in [2.05, 4.69) is 0 Å². The van der Waals surface area contributed by atoms with Gasteiger partial charge in [-0.1, -0.05) is 12.1 Å². The van der Waals surface area contributed by atoms with Gasteiger partial charge in [-0.15, -0.1) is 0 Å². The highest BCUT2D eigenvalue weighted by molar-refractivity contribution is 7.60. The number of hydrogen-bond donors (Lipinski definition) is 2. The Morgan fingerprint density at radius 2 is 1.68 bits per heavy atom. The van der Waals surface area contributed by atoms with E-state index in [1.54, 1.807) is 52.0 Å². The Kier molecular flexibility index (Phi) is 3.99. The number of aryl methyl sites for hydroxylation is 2. The van der Waals surface area contributed by atoms with Crippen LogP contribution in [0.2, 0.25) is 0 Å². The number of fused-ring (bicyclic) bond motifs is 2. The van der Waals surface area contributed by atoms with Crippen LogP contribution in [0.3, 0.4) is 0 Å². The van der Waals surface area contributed by atoms with Gasteiger partial charge in [0.15, 0.2) is 5.70 Å². The van der Waals surface area contributed by atoms with Crippen molar-refractivity contribution in [1.29, 1.82) is 0 Å². The van der Waals surface area contributed by atoms with Gasteiger partial charge in [-0.3, -0.25) is 4.57 Å². The molecule has 0 aliphatic carbocycles. The Hall–Kier alpha value is -2.28. The first-order valence-electron chi connectivity index (χ1n) is 8.88. The number of allylic oxidation sites excluding steroid dienone is 2. The van der Waals surface area contributed by atoms with Crippen molar-refractivity contribution >= 4 is 31.2 Å². The van der Waals surface area contributed by atoms with Crippen LogP contribution in [-0.2, 0) is 4.57 Å². The van der Waals surface area contributed by atoms with Gasteiger partial charge in [0, 0.05) is 24.3 Å². The summed E-state index contributed by atoms with van der Waals surface area (Å²) in [5.74, 6) is 0. The number of rotatable bonds is 2. The van der Waals surface area contributed by atoms with E-state index in [-0.39, 0.29) is 5.30 Å². The first kappa shape index (κ1) is 19.1. The smallest absolute Gasteiger partial charge is 0.393 e. The molecule has 0 radical (unpaired) electrons. The molecule has 0 amide bonds. The minimum atomic E-state index is -4.38. The molecule has 5 nitrogen and oxygen atoms in total. The normalized spacial score (nSPS) is 18.4. The number of benzene rings is 1. The largest absolute Gasteiger partial charge is 0.737 e. The first-order valence-corrected chi connectivity index (χ1v) is 10.5. The third-order valence-electron chi connectivity index (χ3n) is 5.43. The minimum absolute atomic E-state index is 0.103. The molecule has 0 atom stereocenters. The van der Waals surface area contributed by atoms with Crippen LogP contribution in [0.4, 0.5) is 8.63 Å². The second-order valence-corrected chi connectivity index (χ2v) is 9.03. The second kappa shape index (κ2) is 5.86. The third-order valence-corrected chi connectivity index (χ3v) is 6.40. The predicted octanol–water partition coefficient (Wildman–Crippen LogP) is 3.34. The molecule has 2 N–H and O–H groups in total. The average molecular weight is 404 g/mol. The number of aromatic nitrogens is 1. The van der Waals surface area contributed by atoms with Crippen molar-refractivity contribution in [2.75, 3.05) is 0 Å². The van der Waals surface area contributed by atoms with Crippen LogP contribution in [-0.4, -0.2) is 31.4 Å². The average Bonchev–Trinajstić information content (AvgIpc) is 3.05. The van der Waals surface area contributed by atoms with E-state index in [0.29, 0.717) is 33.9 Å². The van der Waals surface area contributed by atoms with Crippen LogP contribution in [0, 0.1) is 13.8 Å². The van der Waals surface area contributed by atoms with Crippen LogP contribution in [0.15, 0.2) is 47.7 Å². The number of hydrogen-bond acceptors (Lipinski definition) is 1. The molecular weight excluding hydrogens is 384 g/mol. The lowest BCUT2D eigenvalue weighted by atomic mass is 9.84. The van der Waals surface area contributed by atoms with Crippen molar-refractivity contribution in [3.8, 4) is 0 Å². The Morgan fingerprint density at radius 3 is 2.25 bits per heavy atom. The van der Waals surface area contributed by atoms with Gasteiger partial charge in [0.05, 0.1) is 10.9 Å². The van der Waals surface area contributed by atoms with Crippen LogP contribution >= 0.6 is 7.60 Å².